The third-order valence-electron chi connectivity index (χ3n) is 4.35. The van der Waals surface area contributed by atoms with Crippen LogP contribution >= 0.6 is 0 Å². The molecular formula is C22H29N. The standard InChI is InChI=1S/C21H25N.CH4/c1-3-8-19-16-22(21-13-12-17(2)15-20(19)21)14-7-11-18-9-5-4-6-10-18;/h4-6,9-10,12-13,15-16H,3,7-8,11,14H2,1-2H3;1H4. The number of hydrogen-bond acceptors (Lipinski definition) is 0. The van der Waals surface area contributed by atoms with Crippen LogP contribution in [0.5, 0.6) is 0 Å². The molecule has 1 nitrogen and oxygen atoms in total. The first-order chi connectivity index (χ1) is 10.8. The minimum absolute atomic E-state index is 0. The minimum Gasteiger partial charge on any atom is -0.347 e. The molecule has 0 atom stereocenters. The third kappa shape index (κ3) is 4.04. The molecule has 0 amide bonds. The van der Waals surface area contributed by atoms with E-state index in [-0.39, 0.29) is 7.43 Å². The maximum absolute atomic E-state index is 2.45. The number of hydrogen-bond donors (Lipinski definition) is 0. The first-order valence-electron chi connectivity index (χ1n) is 8.40. The fourth-order valence-electron chi connectivity index (χ4n) is 3.24. The van der Waals surface area contributed by atoms with Gasteiger partial charge in [0.05, 0.1) is 0 Å². The summed E-state index contributed by atoms with van der Waals surface area (Å²) in [6.07, 6.45) is 7.09. The van der Waals surface area contributed by atoms with E-state index in [9.17, 15) is 0 Å². The molecule has 1 heteroatoms. The summed E-state index contributed by atoms with van der Waals surface area (Å²) in [5.41, 5.74) is 5.68. The summed E-state index contributed by atoms with van der Waals surface area (Å²) < 4.78 is 2.45. The Morgan fingerprint density at radius 1 is 0.957 bits per heavy atom. The molecular weight excluding hydrogens is 278 g/mol. The van der Waals surface area contributed by atoms with Crippen molar-refractivity contribution in [2.75, 3.05) is 0 Å². The van der Waals surface area contributed by atoms with Gasteiger partial charge in [0.1, 0.15) is 0 Å². The normalized spacial score (nSPS) is 10.7. The van der Waals surface area contributed by atoms with Crippen molar-refractivity contribution < 1.29 is 0 Å². The van der Waals surface area contributed by atoms with E-state index in [1.54, 1.807) is 0 Å². The molecule has 3 rings (SSSR count). The van der Waals surface area contributed by atoms with Crippen LogP contribution in [-0.4, -0.2) is 4.57 Å². The van der Waals surface area contributed by atoms with Crippen molar-refractivity contribution in [3.05, 3.63) is 71.4 Å². The number of nitrogens with zero attached hydrogens (tertiary/aromatic N) is 1. The summed E-state index contributed by atoms with van der Waals surface area (Å²) in [4.78, 5) is 0. The monoisotopic (exact) mass is 307 g/mol. The Kier molecular flexibility index (Phi) is 6.04. The van der Waals surface area contributed by atoms with Crippen molar-refractivity contribution in [1.29, 1.82) is 0 Å². The molecule has 0 saturated heterocycles. The van der Waals surface area contributed by atoms with Gasteiger partial charge in [-0.25, -0.2) is 0 Å². The first-order valence-corrected chi connectivity index (χ1v) is 8.40. The SMILES string of the molecule is C.CCCc1cn(CCCc2ccccc2)c2ccc(C)cc12. The van der Waals surface area contributed by atoms with Crippen LogP contribution in [0.25, 0.3) is 10.9 Å². The van der Waals surface area contributed by atoms with Gasteiger partial charge >= 0.3 is 0 Å². The number of benzene rings is 2. The molecule has 3 aromatic rings. The Hall–Kier alpha value is -2.02. The summed E-state index contributed by atoms with van der Waals surface area (Å²) in [5, 5.41) is 1.45. The van der Waals surface area contributed by atoms with Gasteiger partial charge in [-0.2, -0.15) is 0 Å². The van der Waals surface area contributed by atoms with Gasteiger partial charge in [-0.05, 0) is 49.4 Å². The highest BCUT2D eigenvalue weighted by molar-refractivity contribution is 5.84. The zero-order chi connectivity index (χ0) is 15.4. The van der Waals surface area contributed by atoms with Gasteiger partial charge in [-0.15, -0.1) is 0 Å². The second kappa shape index (κ2) is 8.01. The number of aromatic nitrogens is 1. The zero-order valence-electron chi connectivity index (χ0n) is 13.7. The van der Waals surface area contributed by atoms with Crippen molar-refractivity contribution in [1.82, 2.24) is 4.57 Å². The molecule has 0 aliphatic rings. The van der Waals surface area contributed by atoms with Gasteiger partial charge in [0.25, 0.3) is 0 Å². The topological polar surface area (TPSA) is 4.93 Å². The summed E-state index contributed by atoms with van der Waals surface area (Å²) in [7, 11) is 0. The molecule has 0 spiro atoms. The van der Waals surface area contributed by atoms with Gasteiger partial charge in [0.15, 0.2) is 0 Å². The van der Waals surface area contributed by atoms with E-state index in [4.69, 9.17) is 0 Å². The largest absolute Gasteiger partial charge is 0.347 e. The third-order valence-corrected chi connectivity index (χ3v) is 4.35. The van der Waals surface area contributed by atoms with Crippen molar-refractivity contribution >= 4 is 10.9 Å². The highest BCUT2D eigenvalue weighted by Gasteiger charge is 2.08. The lowest BCUT2D eigenvalue weighted by molar-refractivity contribution is 0.659. The molecule has 0 aliphatic heterocycles. The molecule has 0 unspecified atom stereocenters. The zero-order valence-corrected chi connectivity index (χ0v) is 13.7. The smallest absolute Gasteiger partial charge is 0.0483 e. The summed E-state index contributed by atoms with van der Waals surface area (Å²) in [6.45, 7) is 5.54. The fourth-order valence-corrected chi connectivity index (χ4v) is 3.24. The fraction of sp³-hybridized carbons (Fsp3) is 0.364. The van der Waals surface area contributed by atoms with E-state index in [0.29, 0.717) is 0 Å². The lowest BCUT2D eigenvalue weighted by atomic mass is 10.1. The van der Waals surface area contributed by atoms with Crippen molar-refractivity contribution in [2.45, 2.75) is 53.5 Å². The van der Waals surface area contributed by atoms with E-state index in [0.717, 1.165) is 13.0 Å². The Labute approximate surface area is 141 Å². The number of rotatable bonds is 6. The van der Waals surface area contributed by atoms with Gasteiger partial charge in [0.2, 0.25) is 0 Å². The molecule has 0 radical (unpaired) electrons. The average molecular weight is 307 g/mol. The highest BCUT2D eigenvalue weighted by Crippen LogP contribution is 2.24. The van der Waals surface area contributed by atoms with Crippen LogP contribution < -0.4 is 0 Å². The molecule has 0 saturated carbocycles. The number of fused-ring (bicyclic) bond motifs is 1. The summed E-state index contributed by atoms with van der Waals surface area (Å²) >= 11 is 0. The van der Waals surface area contributed by atoms with Crippen molar-refractivity contribution in [2.24, 2.45) is 0 Å². The van der Waals surface area contributed by atoms with Crippen molar-refractivity contribution in [3.63, 3.8) is 0 Å². The molecule has 23 heavy (non-hydrogen) atoms. The maximum Gasteiger partial charge on any atom is 0.0483 e. The summed E-state index contributed by atoms with van der Waals surface area (Å²) in [5.74, 6) is 0. The number of aryl methyl sites for hydroxylation is 4. The van der Waals surface area contributed by atoms with Crippen LogP contribution in [0.2, 0.25) is 0 Å². The van der Waals surface area contributed by atoms with Gasteiger partial charge < -0.3 is 4.57 Å². The summed E-state index contributed by atoms with van der Waals surface area (Å²) in [6, 6.07) is 17.6. The Morgan fingerprint density at radius 3 is 2.48 bits per heavy atom. The van der Waals surface area contributed by atoms with E-state index < -0.39 is 0 Å². The second-order valence-electron chi connectivity index (χ2n) is 6.21. The second-order valence-corrected chi connectivity index (χ2v) is 6.21. The average Bonchev–Trinajstić information content (AvgIpc) is 2.86. The van der Waals surface area contributed by atoms with Crippen LogP contribution in [0, 0.1) is 6.92 Å². The van der Waals surface area contributed by atoms with E-state index in [1.807, 2.05) is 0 Å². The van der Waals surface area contributed by atoms with E-state index >= 15 is 0 Å². The lowest BCUT2D eigenvalue weighted by Crippen LogP contribution is -1.98. The predicted molar refractivity (Wildman–Crippen MR) is 102 cm³/mol. The van der Waals surface area contributed by atoms with Crippen molar-refractivity contribution in [3.8, 4) is 0 Å². The van der Waals surface area contributed by atoms with Crippen LogP contribution in [-0.2, 0) is 19.4 Å². The van der Waals surface area contributed by atoms with Gasteiger partial charge in [-0.3, -0.25) is 0 Å². The maximum atomic E-state index is 2.45. The Morgan fingerprint density at radius 2 is 1.74 bits per heavy atom. The minimum atomic E-state index is 0. The van der Waals surface area contributed by atoms with Crippen LogP contribution in [0.1, 0.15) is 43.9 Å². The molecule has 0 bridgehead atoms. The molecule has 122 valence electrons. The van der Waals surface area contributed by atoms with Gasteiger partial charge in [-0.1, -0.05) is 62.7 Å². The Balaban J connectivity index is 0.00000192. The highest BCUT2D eigenvalue weighted by atomic mass is 15.0. The van der Waals surface area contributed by atoms with Crippen LogP contribution in [0.3, 0.4) is 0 Å². The molecule has 2 aromatic carbocycles. The van der Waals surface area contributed by atoms with E-state index in [1.165, 1.54) is 46.9 Å². The molecule has 0 aliphatic carbocycles. The first kappa shape index (κ1) is 17.3. The quantitative estimate of drug-likeness (QED) is 0.513. The van der Waals surface area contributed by atoms with Crippen LogP contribution in [0.4, 0.5) is 0 Å². The van der Waals surface area contributed by atoms with Gasteiger partial charge in [0, 0.05) is 23.6 Å². The lowest BCUT2D eigenvalue weighted by Gasteiger charge is -2.06. The van der Waals surface area contributed by atoms with Crippen LogP contribution in [0.15, 0.2) is 54.7 Å². The molecule has 1 heterocycles. The molecule has 1 aromatic heterocycles. The predicted octanol–water partition coefficient (Wildman–Crippen LogP) is 6.17. The molecule has 0 N–H and O–H groups in total. The Bertz CT molecular complexity index is 737. The van der Waals surface area contributed by atoms with E-state index in [2.05, 4.69) is 73.1 Å². The molecule has 0 fully saturated rings.